The van der Waals surface area contributed by atoms with Gasteiger partial charge < -0.3 is 5.32 Å². The third-order valence-electron chi connectivity index (χ3n) is 4.38. The molecular weight excluding hydrogens is 412 g/mol. The van der Waals surface area contributed by atoms with Gasteiger partial charge in [0, 0.05) is 22.2 Å². The molecule has 1 heterocycles. The van der Waals surface area contributed by atoms with Gasteiger partial charge in [0.25, 0.3) is 11.8 Å². The lowest BCUT2D eigenvalue weighted by Gasteiger charge is -2.18. The van der Waals surface area contributed by atoms with Crippen molar-refractivity contribution in [2.45, 2.75) is 27.7 Å². The Labute approximate surface area is 184 Å². The number of carbonyl (C=O) groups is 3. The first kappa shape index (κ1) is 22.2. The van der Waals surface area contributed by atoms with Crippen LogP contribution in [0.4, 0.5) is 5.69 Å². The van der Waals surface area contributed by atoms with Crippen molar-refractivity contribution in [2.24, 2.45) is 5.41 Å². The topological polar surface area (TPSA) is 100 Å². The van der Waals surface area contributed by atoms with E-state index < -0.39 is 17.2 Å². The number of benzene rings is 2. The first-order valence-corrected chi connectivity index (χ1v) is 10.5. The van der Waals surface area contributed by atoms with Crippen LogP contribution >= 0.6 is 11.3 Å². The standard InChI is InChI=1S/C23H24N4O3S/c1-14-18(31-21(24-14)15-9-6-5-7-10-15)20(29)27-26-19(28)16-11-8-12-17(13-16)25-22(30)23(2,3)4/h5-13H,1-4H3,(H,25,30)(H,26,28)(H,27,29). The van der Waals surface area contributed by atoms with E-state index in [0.717, 1.165) is 10.6 Å². The molecule has 0 aliphatic rings. The second-order valence-corrected chi connectivity index (χ2v) is 8.99. The van der Waals surface area contributed by atoms with E-state index >= 15 is 0 Å². The number of nitrogens with zero attached hydrogens (tertiary/aromatic N) is 1. The van der Waals surface area contributed by atoms with Crippen LogP contribution in [-0.2, 0) is 4.79 Å². The summed E-state index contributed by atoms with van der Waals surface area (Å²) in [5.74, 6) is -1.10. The van der Waals surface area contributed by atoms with Gasteiger partial charge in [-0.15, -0.1) is 11.3 Å². The van der Waals surface area contributed by atoms with Crippen LogP contribution in [0.2, 0.25) is 0 Å². The molecule has 0 aliphatic heterocycles. The number of carbonyl (C=O) groups excluding carboxylic acids is 3. The van der Waals surface area contributed by atoms with Gasteiger partial charge in [0.2, 0.25) is 5.91 Å². The lowest BCUT2D eigenvalue weighted by atomic mass is 9.95. The van der Waals surface area contributed by atoms with Crippen LogP contribution in [-0.4, -0.2) is 22.7 Å². The molecule has 3 amide bonds. The van der Waals surface area contributed by atoms with E-state index in [0.29, 0.717) is 21.8 Å². The molecule has 7 nitrogen and oxygen atoms in total. The van der Waals surface area contributed by atoms with Crippen LogP contribution in [0.3, 0.4) is 0 Å². The summed E-state index contributed by atoms with van der Waals surface area (Å²) < 4.78 is 0. The summed E-state index contributed by atoms with van der Waals surface area (Å²) in [5, 5.41) is 3.51. The molecule has 0 spiro atoms. The first-order chi connectivity index (χ1) is 14.6. The van der Waals surface area contributed by atoms with Gasteiger partial charge in [-0.1, -0.05) is 57.2 Å². The SMILES string of the molecule is Cc1nc(-c2ccccc2)sc1C(=O)NNC(=O)c1cccc(NC(=O)C(C)(C)C)c1. The summed E-state index contributed by atoms with van der Waals surface area (Å²) >= 11 is 1.26. The predicted molar refractivity (Wildman–Crippen MR) is 122 cm³/mol. The normalized spacial score (nSPS) is 11.0. The minimum atomic E-state index is -0.558. The molecule has 2 aromatic carbocycles. The molecule has 1 aromatic heterocycles. The third-order valence-corrected chi connectivity index (χ3v) is 5.58. The molecule has 0 fully saturated rings. The number of rotatable bonds is 4. The molecule has 0 bridgehead atoms. The van der Waals surface area contributed by atoms with E-state index in [2.05, 4.69) is 21.2 Å². The minimum absolute atomic E-state index is 0.159. The highest BCUT2D eigenvalue weighted by molar-refractivity contribution is 7.17. The first-order valence-electron chi connectivity index (χ1n) is 9.70. The van der Waals surface area contributed by atoms with Crippen LogP contribution in [0.5, 0.6) is 0 Å². The van der Waals surface area contributed by atoms with Crippen molar-refractivity contribution in [2.75, 3.05) is 5.32 Å². The number of aryl methyl sites for hydroxylation is 1. The zero-order chi connectivity index (χ0) is 22.6. The molecule has 0 saturated heterocycles. The quantitative estimate of drug-likeness (QED) is 0.534. The van der Waals surface area contributed by atoms with Crippen LogP contribution in [0.15, 0.2) is 54.6 Å². The fourth-order valence-corrected chi connectivity index (χ4v) is 3.58. The van der Waals surface area contributed by atoms with E-state index in [1.165, 1.54) is 11.3 Å². The molecule has 3 N–H and O–H groups in total. The number of thiazole rings is 1. The smallest absolute Gasteiger partial charge is 0.281 e. The Morgan fingerprint density at radius 3 is 2.26 bits per heavy atom. The monoisotopic (exact) mass is 436 g/mol. The maximum absolute atomic E-state index is 12.6. The maximum atomic E-state index is 12.6. The Balaban J connectivity index is 1.65. The van der Waals surface area contributed by atoms with Gasteiger partial charge in [-0.2, -0.15) is 0 Å². The van der Waals surface area contributed by atoms with Gasteiger partial charge in [0.05, 0.1) is 5.69 Å². The van der Waals surface area contributed by atoms with Crippen molar-refractivity contribution in [1.29, 1.82) is 0 Å². The summed E-state index contributed by atoms with van der Waals surface area (Å²) in [6.07, 6.45) is 0. The van der Waals surface area contributed by atoms with Gasteiger partial charge in [-0.3, -0.25) is 25.2 Å². The second-order valence-electron chi connectivity index (χ2n) is 7.99. The Bertz CT molecular complexity index is 1120. The zero-order valence-corrected chi connectivity index (χ0v) is 18.6. The molecule has 0 radical (unpaired) electrons. The zero-order valence-electron chi connectivity index (χ0n) is 17.8. The Morgan fingerprint density at radius 2 is 1.58 bits per heavy atom. The average molecular weight is 437 g/mol. The Morgan fingerprint density at radius 1 is 0.903 bits per heavy atom. The number of nitrogens with one attached hydrogen (secondary N) is 3. The summed E-state index contributed by atoms with van der Waals surface area (Å²) in [7, 11) is 0. The van der Waals surface area contributed by atoms with Crippen molar-refractivity contribution in [3.8, 4) is 10.6 Å². The van der Waals surface area contributed by atoms with Crippen molar-refractivity contribution in [3.63, 3.8) is 0 Å². The third kappa shape index (κ3) is 5.55. The second kappa shape index (κ2) is 9.09. The van der Waals surface area contributed by atoms with E-state index in [9.17, 15) is 14.4 Å². The van der Waals surface area contributed by atoms with E-state index in [1.54, 1.807) is 52.0 Å². The average Bonchev–Trinajstić information content (AvgIpc) is 3.13. The number of aromatic nitrogens is 1. The number of amides is 3. The minimum Gasteiger partial charge on any atom is -0.326 e. The lowest BCUT2D eigenvalue weighted by Crippen LogP contribution is -2.41. The van der Waals surface area contributed by atoms with Crippen molar-refractivity contribution < 1.29 is 14.4 Å². The van der Waals surface area contributed by atoms with Crippen molar-refractivity contribution in [3.05, 3.63) is 70.7 Å². The summed E-state index contributed by atoms with van der Waals surface area (Å²) in [6, 6.07) is 16.1. The highest BCUT2D eigenvalue weighted by atomic mass is 32.1. The molecule has 8 heteroatoms. The van der Waals surface area contributed by atoms with Crippen molar-refractivity contribution in [1.82, 2.24) is 15.8 Å². The van der Waals surface area contributed by atoms with E-state index in [-0.39, 0.29) is 5.91 Å². The molecule has 160 valence electrons. The molecule has 0 aliphatic carbocycles. The van der Waals surface area contributed by atoms with Gasteiger partial charge in [-0.05, 0) is 25.1 Å². The van der Waals surface area contributed by atoms with Gasteiger partial charge in [-0.25, -0.2) is 4.98 Å². The number of anilines is 1. The largest absolute Gasteiger partial charge is 0.326 e. The molecule has 0 saturated carbocycles. The molecule has 0 unspecified atom stereocenters. The van der Waals surface area contributed by atoms with Gasteiger partial charge >= 0.3 is 0 Å². The summed E-state index contributed by atoms with van der Waals surface area (Å²) in [6.45, 7) is 7.16. The number of hydrogen-bond donors (Lipinski definition) is 3. The fraction of sp³-hybridized carbons (Fsp3) is 0.217. The number of hydrazine groups is 1. The van der Waals surface area contributed by atoms with Crippen molar-refractivity contribution >= 4 is 34.7 Å². The molecule has 31 heavy (non-hydrogen) atoms. The van der Waals surface area contributed by atoms with Crippen LogP contribution in [0.25, 0.3) is 10.6 Å². The molecule has 0 atom stereocenters. The van der Waals surface area contributed by atoms with E-state index in [4.69, 9.17) is 0 Å². The summed E-state index contributed by atoms with van der Waals surface area (Å²) in [5.41, 5.74) is 6.60. The number of hydrogen-bond acceptors (Lipinski definition) is 5. The molecular formula is C23H24N4O3S. The lowest BCUT2D eigenvalue weighted by molar-refractivity contribution is -0.123. The Hall–Kier alpha value is -3.52. The van der Waals surface area contributed by atoms with Crippen LogP contribution in [0, 0.1) is 12.3 Å². The van der Waals surface area contributed by atoms with E-state index in [1.807, 2.05) is 30.3 Å². The van der Waals surface area contributed by atoms with Crippen LogP contribution < -0.4 is 16.2 Å². The van der Waals surface area contributed by atoms with Gasteiger partial charge in [0.1, 0.15) is 9.88 Å². The van der Waals surface area contributed by atoms with Crippen LogP contribution in [0.1, 0.15) is 46.5 Å². The summed E-state index contributed by atoms with van der Waals surface area (Å²) in [4.78, 5) is 42.1. The highest BCUT2D eigenvalue weighted by Gasteiger charge is 2.21. The fourth-order valence-electron chi connectivity index (χ4n) is 2.61. The van der Waals surface area contributed by atoms with Gasteiger partial charge in [0.15, 0.2) is 0 Å². The molecule has 3 aromatic rings. The Kier molecular flexibility index (Phi) is 6.50. The maximum Gasteiger partial charge on any atom is 0.281 e. The predicted octanol–water partition coefficient (Wildman–Crippen LogP) is 4.18. The highest BCUT2D eigenvalue weighted by Crippen LogP contribution is 2.27. The molecule has 3 rings (SSSR count).